The maximum Gasteiger partial charge on any atom is 0.337 e. The Morgan fingerprint density at radius 3 is 2.18 bits per heavy atom. The summed E-state index contributed by atoms with van der Waals surface area (Å²) in [6, 6.07) is 22.9. The summed E-state index contributed by atoms with van der Waals surface area (Å²) in [6.07, 6.45) is 6.96. The highest BCUT2D eigenvalue weighted by Gasteiger charge is 2.28. The van der Waals surface area contributed by atoms with Gasteiger partial charge in [-0.1, -0.05) is 36.4 Å². The van der Waals surface area contributed by atoms with E-state index in [1.54, 1.807) is 18.2 Å². The first kappa shape index (κ1) is 36.0. The molecular formula is C41H45N3O6S. The van der Waals surface area contributed by atoms with Gasteiger partial charge in [-0.15, -0.1) is 11.3 Å². The summed E-state index contributed by atoms with van der Waals surface area (Å²) in [4.78, 5) is 54.8. The Labute approximate surface area is 303 Å². The molecule has 3 aromatic carbocycles. The number of amides is 2. The number of ether oxygens (including phenoxy) is 2. The molecule has 0 radical (unpaired) electrons. The van der Waals surface area contributed by atoms with Crippen molar-refractivity contribution in [2.75, 3.05) is 37.4 Å². The van der Waals surface area contributed by atoms with Gasteiger partial charge in [-0.3, -0.25) is 19.3 Å². The fourth-order valence-corrected chi connectivity index (χ4v) is 8.17. The van der Waals surface area contributed by atoms with Crippen molar-refractivity contribution in [2.24, 2.45) is 5.92 Å². The molecule has 0 spiro atoms. The molecule has 0 unspecified atom stereocenters. The molecule has 4 aromatic rings. The van der Waals surface area contributed by atoms with Gasteiger partial charge in [0.25, 0.3) is 11.8 Å². The number of anilines is 2. The molecule has 1 aromatic heterocycles. The molecule has 1 aliphatic heterocycles. The lowest BCUT2D eigenvalue weighted by molar-refractivity contribution is -0.149. The number of rotatable bonds is 12. The van der Waals surface area contributed by atoms with Crippen LogP contribution in [0.15, 0.2) is 72.8 Å². The zero-order valence-electron chi connectivity index (χ0n) is 29.3. The number of carbonyl (C=O) groups is 4. The van der Waals surface area contributed by atoms with Crippen LogP contribution in [0.5, 0.6) is 0 Å². The number of methoxy groups -OCH3 is 1. The highest BCUT2D eigenvalue weighted by molar-refractivity contribution is 7.17. The number of nitrogens with zero attached hydrogens (tertiary/aromatic N) is 1. The van der Waals surface area contributed by atoms with Crippen molar-refractivity contribution in [3.05, 3.63) is 117 Å². The van der Waals surface area contributed by atoms with Crippen molar-refractivity contribution in [2.45, 2.75) is 64.8 Å². The summed E-state index contributed by atoms with van der Waals surface area (Å²) in [5, 5.41) is 6.76. The zero-order valence-corrected chi connectivity index (χ0v) is 30.1. The van der Waals surface area contributed by atoms with E-state index in [9.17, 15) is 19.2 Å². The van der Waals surface area contributed by atoms with Crippen LogP contribution >= 0.6 is 11.3 Å². The van der Waals surface area contributed by atoms with Gasteiger partial charge in [0.15, 0.2) is 0 Å². The molecular weight excluding hydrogens is 663 g/mol. The van der Waals surface area contributed by atoms with E-state index in [0.717, 1.165) is 91.6 Å². The number of benzene rings is 3. The minimum absolute atomic E-state index is 0.0443. The molecule has 2 heterocycles. The van der Waals surface area contributed by atoms with Gasteiger partial charge in [-0.05, 0) is 130 Å². The van der Waals surface area contributed by atoms with Gasteiger partial charge >= 0.3 is 11.9 Å². The Kier molecular flexibility index (Phi) is 12.0. The van der Waals surface area contributed by atoms with E-state index in [1.165, 1.54) is 18.4 Å². The van der Waals surface area contributed by atoms with Gasteiger partial charge in [0.2, 0.25) is 0 Å². The predicted molar refractivity (Wildman–Crippen MR) is 200 cm³/mol. The SMILES string of the molecule is CCOC(=O)C1CCN(Cc2cccc(C(=O)Nc3sc4c(c3C(=O)Nc3ccc(CCc5ccc(C(=O)OC)cc5)cc3)CCCC4)c2)CC1. The molecule has 1 fully saturated rings. The molecule has 0 atom stereocenters. The van der Waals surface area contributed by atoms with Gasteiger partial charge < -0.3 is 20.1 Å². The fourth-order valence-electron chi connectivity index (χ4n) is 6.89. The average molecular weight is 708 g/mol. The summed E-state index contributed by atoms with van der Waals surface area (Å²) >= 11 is 1.51. The number of carbonyl (C=O) groups excluding carboxylic acids is 4. The quantitative estimate of drug-likeness (QED) is 0.147. The molecule has 2 N–H and O–H groups in total. The van der Waals surface area contributed by atoms with Crippen molar-refractivity contribution in [3.63, 3.8) is 0 Å². The number of aryl methyl sites for hydroxylation is 3. The van der Waals surface area contributed by atoms with E-state index < -0.39 is 0 Å². The standard InChI is InChI=1S/C41H45N3O6S/c1-3-50-41(48)31-21-23-44(24-22-31)26-29-7-6-8-32(25-29)37(45)43-39-36(34-9-4-5-10-35(34)51-39)38(46)42-33-19-15-28(16-20-33)12-11-27-13-17-30(18-14-27)40(47)49-2/h6-8,13-20,25,31H,3-5,9-12,21-24,26H2,1-2H3,(H,42,46)(H,43,45). The predicted octanol–water partition coefficient (Wildman–Crippen LogP) is 7.48. The van der Waals surface area contributed by atoms with E-state index in [1.807, 2.05) is 61.5 Å². The van der Waals surface area contributed by atoms with Crippen molar-refractivity contribution in [1.82, 2.24) is 4.90 Å². The van der Waals surface area contributed by atoms with Gasteiger partial charge in [-0.2, -0.15) is 0 Å². The number of thiophene rings is 1. The molecule has 0 bridgehead atoms. The van der Waals surface area contributed by atoms with E-state index in [-0.39, 0.29) is 29.7 Å². The van der Waals surface area contributed by atoms with Crippen molar-refractivity contribution in [3.8, 4) is 0 Å². The number of likely N-dealkylation sites (tertiary alicyclic amines) is 1. The van der Waals surface area contributed by atoms with E-state index in [4.69, 9.17) is 9.47 Å². The lowest BCUT2D eigenvalue weighted by Gasteiger charge is -2.30. The molecule has 51 heavy (non-hydrogen) atoms. The fraction of sp³-hybridized carbons (Fsp3) is 0.366. The Bertz CT molecular complexity index is 1860. The summed E-state index contributed by atoms with van der Waals surface area (Å²) in [5.74, 6) is -0.958. The van der Waals surface area contributed by atoms with Crippen LogP contribution in [0.1, 0.15) is 90.8 Å². The minimum Gasteiger partial charge on any atom is -0.466 e. The number of hydrogen-bond acceptors (Lipinski definition) is 8. The van der Waals surface area contributed by atoms with Gasteiger partial charge in [0.05, 0.1) is 30.8 Å². The maximum atomic E-state index is 13.8. The second-order valence-electron chi connectivity index (χ2n) is 13.2. The van der Waals surface area contributed by atoms with Gasteiger partial charge in [0, 0.05) is 22.7 Å². The Hall–Kier alpha value is -4.80. The molecule has 10 heteroatoms. The molecule has 9 nitrogen and oxygen atoms in total. The van der Waals surface area contributed by atoms with Crippen LogP contribution in [-0.4, -0.2) is 55.5 Å². The van der Waals surface area contributed by atoms with Crippen LogP contribution in [0.3, 0.4) is 0 Å². The number of hydrogen-bond donors (Lipinski definition) is 2. The molecule has 6 rings (SSSR count). The van der Waals surface area contributed by atoms with Crippen molar-refractivity contribution in [1.29, 1.82) is 0 Å². The van der Waals surface area contributed by atoms with Crippen LogP contribution in [0.4, 0.5) is 10.7 Å². The smallest absolute Gasteiger partial charge is 0.337 e. The Balaban J connectivity index is 1.08. The second-order valence-corrected chi connectivity index (χ2v) is 14.3. The van der Waals surface area contributed by atoms with Crippen LogP contribution in [0, 0.1) is 5.92 Å². The van der Waals surface area contributed by atoms with Crippen LogP contribution in [0.2, 0.25) is 0 Å². The first-order chi connectivity index (χ1) is 24.8. The van der Waals surface area contributed by atoms with Crippen LogP contribution in [0.25, 0.3) is 0 Å². The highest BCUT2D eigenvalue weighted by atomic mass is 32.1. The summed E-state index contributed by atoms with van der Waals surface area (Å²) < 4.78 is 9.98. The van der Waals surface area contributed by atoms with Crippen molar-refractivity contribution < 1.29 is 28.7 Å². The number of piperidine rings is 1. The number of nitrogens with one attached hydrogen (secondary N) is 2. The van der Waals surface area contributed by atoms with Crippen LogP contribution < -0.4 is 10.6 Å². The first-order valence-corrected chi connectivity index (χ1v) is 18.6. The van der Waals surface area contributed by atoms with E-state index in [2.05, 4.69) is 15.5 Å². The maximum absolute atomic E-state index is 13.8. The van der Waals surface area contributed by atoms with E-state index >= 15 is 0 Å². The van der Waals surface area contributed by atoms with Gasteiger partial charge in [0.1, 0.15) is 5.00 Å². The third-order valence-corrected chi connectivity index (χ3v) is 10.9. The molecule has 266 valence electrons. The summed E-state index contributed by atoms with van der Waals surface area (Å²) in [5.41, 5.74) is 6.64. The lowest BCUT2D eigenvalue weighted by Crippen LogP contribution is -2.36. The molecule has 1 aliphatic carbocycles. The Morgan fingerprint density at radius 1 is 0.804 bits per heavy atom. The zero-order chi connectivity index (χ0) is 35.7. The highest BCUT2D eigenvalue weighted by Crippen LogP contribution is 2.39. The van der Waals surface area contributed by atoms with E-state index in [0.29, 0.717) is 40.5 Å². The third kappa shape index (κ3) is 9.11. The minimum atomic E-state index is -0.348. The topological polar surface area (TPSA) is 114 Å². The van der Waals surface area contributed by atoms with Crippen molar-refractivity contribution >= 4 is 45.8 Å². The molecule has 0 saturated carbocycles. The largest absolute Gasteiger partial charge is 0.466 e. The number of fused-ring (bicyclic) bond motifs is 1. The Morgan fingerprint density at radius 2 is 1.49 bits per heavy atom. The molecule has 2 aliphatic rings. The summed E-state index contributed by atoms with van der Waals surface area (Å²) in [6.45, 7) is 4.54. The normalized spacial score (nSPS) is 14.7. The summed E-state index contributed by atoms with van der Waals surface area (Å²) in [7, 11) is 1.37. The first-order valence-electron chi connectivity index (χ1n) is 17.8. The number of esters is 2. The molecule has 2 amide bonds. The monoisotopic (exact) mass is 707 g/mol. The molecule has 1 saturated heterocycles. The lowest BCUT2D eigenvalue weighted by atomic mass is 9.95. The van der Waals surface area contributed by atoms with Gasteiger partial charge in [-0.25, -0.2) is 4.79 Å². The van der Waals surface area contributed by atoms with Crippen LogP contribution in [-0.2, 0) is 46.5 Å². The second kappa shape index (κ2) is 16.9. The third-order valence-electron chi connectivity index (χ3n) is 9.72. The average Bonchev–Trinajstić information content (AvgIpc) is 3.53.